The zero-order chi connectivity index (χ0) is 30.8. The summed E-state index contributed by atoms with van der Waals surface area (Å²) < 4.78 is 31.0. The highest BCUT2D eigenvalue weighted by molar-refractivity contribution is 9.10. The molecule has 0 bridgehead atoms. The highest BCUT2D eigenvalue weighted by atomic mass is 79.9. The summed E-state index contributed by atoms with van der Waals surface area (Å²) in [7, 11) is 3.09. The molecule has 44 heavy (non-hydrogen) atoms. The lowest BCUT2D eigenvalue weighted by Crippen LogP contribution is -2.40. The summed E-state index contributed by atoms with van der Waals surface area (Å²) in [6.07, 6.45) is 1.71. The number of hydrogen-bond donors (Lipinski definition) is 0. The summed E-state index contributed by atoms with van der Waals surface area (Å²) in [5.74, 6) is 1.62. The number of morpholine rings is 1. The normalized spacial score (nSPS) is 16.9. The monoisotopic (exact) mass is 679 g/mol. The fraction of sp³-hybridized carbons (Fsp3) is 0.281. The molecule has 4 aromatic rings. The number of hydrogen-bond acceptors (Lipinski definition) is 10. The number of anilines is 1. The Morgan fingerprint density at radius 2 is 1.84 bits per heavy atom. The second-order valence-electron chi connectivity index (χ2n) is 9.95. The molecule has 1 unspecified atom stereocenters. The van der Waals surface area contributed by atoms with Crippen LogP contribution >= 0.6 is 27.3 Å². The largest absolute Gasteiger partial charge is 0.493 e. The number of furan rings is 1. The molecule has 228 valence electrons. The van der Waals surface area contributed by atoms with E-state index in [0.29, 0.717) is 70.0 Å². The number of aromatic nitrogens is 1. The Labute approximate surface area is 265 Å². The van der Waals surface area contributed by atoms with Gasteiger partial charge < -0.3 is 28.3 Å². The molecule has 10 nitrogen and oxygen atoms in total. The van der Waals surface area contributed by atoms with E-state index < -0.39 is 12.0 Å². The molecule has 1 atom stereocenters. The van der Waals surface area contributed by atoms with Gasteiger partial charge in [0.1, 0.15) is 5.76 Å². The highest BCUT2D eigenvalue weighted by Gasteiger charge is 2.35. The lowest BCUT2D eigenvalue weighted by Gasteiger charge is -2.26. The van der Waals surface area contributed by atoms with Crippen LogP contribution in [0, 0.1) is 0 Å². The number of rotatable bonds is 8. The maximum Gasteiger partial charge on any atom is 0.338 e. The van der Waals surface area contributed by atoms with Crippen molar-refractivity contribution in [2.45, 2.75) is 13.0 Å². The van der Waals surface area contributed by atoms with Gasteiger partial charge in [-0.05, 0) is 40.5 Å². The van der Waals surface area contributed by atoms with Crippen LogP contribution in [0.5, 0.6) is 11.5 Å². The van der Waals surface area contributed by atoms with Gasteiger partial charge in [-0.1, -0.05) is 47.7 Å². The molecule has 2 aliphatic rings. The van der Waals surface area contributed by atoms with Crippen LogP contribution in [0.25, 0.3) is 11.8 Å². The third-order valence-corrected chi connectivity index (χ3v) is 8.91. The van der Waals surface area contributed by atoms with E-state index in [0.717, 1.165) is 10.0 Å². The van der Waals surface area contributed by atoms with Crippen molar-refractivity contribution in [1.82, 2.24) is 4.57 Å². The van der Waals surface area contributed by atoms with Crippen LogP contribution in [0.4, 0.5) is 5.88 Å². The summed E-state index contributed by atoms with van der Waals surface area (Å²) in [4.78, 5) is 35.3. The molecule has 6 rings (SSSR count). The van der Waals surface area contributed by atoms with E-state index in [1.54, 1.807) is 32.2 Å². The second kappa shape index (κ2) is 12.8. The molecular weight excluding hydrogens is 650 g/mol. The van der Waals surface area contributed by atoms with Crippen molar-refractivity contribution in [2.24, 2.45) is 4.99 Å². The van der Waals surface area contributed by atoms with Gasteiger partial charge in [0.15, 0.2) is 16.3 Å². The van der Waals surface area contributed by atoms with E-state index in [9.17, 15) is 9.59 Å². The lowest BCUT2D eigenvalue weighted by molar-refractivity contribution is -0.138. The molecule has 2 aliphatic heterocycles. The molecule has 12 heteroatoms. The Hall–Kier alpha value is -4.13. The van der Waals surface area contributed by atoms with Gasteiger partial charge in [-0.2, -0.15) is 0 Å². The van der Waals surface area contributed by atoms with Crippen molar-refractivity contribution < 1.29 is 28.2 Å². The summed E-state index contributed by atoms with van der Waals surface area (Å²) in [6.45, 7) is 4.55. The average Bonchev–Trinajstić information content (AvgIpc) is 3.58. The average molecular weight is 681 g/mol. The smallest absolute Gasteiger partial charge is 0.338 e. The van der Waals surface area contributed by atoms with E-state index >= 15 is 0 Å². The number of nitrogens with zero attached hydrogens (tertiary/aromatic N) is 3. The van der Waals surface area contributed by atoms with E-state index in [1.807, 2.05) is 42.5 Å². The van der Waals surface area contributed by atoms with Crippen molar-refractivity contribution >= 4 is 50.9 Å². The number of thiazole rings is 1. The van der Waals surface area contributed by atoms with Crippen molar-refractivity contribution in [3.05, 3.63) is 101 Å². The molecule has 0 aliphatic carbocycles. The van der Waals surface area contributed by atoms with Crippen LogP contribution in [0.15, 0.2) is 78.8 Å². The number of methoxy groups -OCH3 is 2. The quantitative estimate of drug-likeness (QED) is 0.256. The van der Waals surface area contributed by atoms with Gasteiger partial charge in [-0.25, -0.2) is 9.79 Å². The first-order valence-electron chi connectivity index (χ1n) is 14.1. The van der Waals surface area contributed by atoms with Crippen molar-refractivity contribution in [1.29, 1.82) is 0 Å². The summed E-state index contributed by atoms with van der Waals surface area (Å²) in [6, 6.07) is 15.7. The topological polar surface area (TPSA) is 105 Å². The molecule has 0 amide bonds. The first-order chi connectivity index (χ1) is 21.4. The SMILES string of the molecule is CCOC(=O)C1=C(c2ccccc2)N=c2s/c(=C/c3cc(Br)c(N4CCOCC4)o3)c(=O)n2C1c1ccc(OC)c(OC)c1. The minimum absolute atomic E-state index is 0.159. The Kier molecular flexibility index (Phi) is 8.74. The van der Waals surface area contributed by atoms with E-state index in [4.69, 9.17) is 28.4 Å². The van der Waals surface area contributed by atoms with E-state index in [-0.39, 0.29) is 17.7 Å². The Morgan fingerprint density at radius 1 is 1.09 bits per heavy atom. The molecule has 2 aromatic heterocycles. The molecule has 0 N–H and O–H groups in total. The molecule has 4 heterocycles. The Balaban J connectivity index is 1.57. The van der Waals surface area contributed by atoms with Crippen molar-refractivity contribution in [3.63, 3.8) is 0 Å². The van der Waals surface area contributed by atoms with Crippen molar-refractivity contribution in [3.8, 4) is 11.5 Å². The van der Waals surface area contributed by atoms with Crippen LogP contribution in [0.1, 0.15) is 29.9 Å². The molecular formula is C32H30BrN3O7S. The maximum absolute atomic E-state index is 14.2. The first kappa shape index (κ1) is 29.9. The summed E-state index contributed by atoms with van der Waals surface area (Å²) >= 11 is 4.83. The predicted molar refractivity (Wildman–Crippen MR) is 170 cm³/mol. The van der Waals surface area contributed by atoms with Crippen LogP contribution < -0.4 is 29.3 Å². The number of esters is 1. The van der Waals surface area contributed by atoms with Crippen LogP contribution in [-0.4, -0.2) is 57.7 Å². The zero-order valence-corrected chi connectivity index (χ0v) is 26.8. The zero-order valence-electron chi connectivity index (χ0n) is 24.4. The predicted octanol–water partition coefficient (Wildman–Crippen LogP) is 4.14. The van der Waals surface area contributed by atoms with E-state index in [2.05, 4.69) is 20.8 Å². The van der Waals surface area contributed by atoms with Crippen LogP contribution in [-0.2, 0) is 14.3 Å². The highest BCUT2D eigenvalue weighted by Crippen LogP contribution is 2.38. The fourth-order valence-electron chi connectivity index (χ4n) is 5.34. The minimum Gasteiger partial charge on any atom is -0.493 e. The van der Waals surface area contributed by atoms with Gasteiger partial charge >= 0.3 is 5.97 Å². The van der Waals surface area contributed by atoms with Gasteiger partial charge in [-0.3, -0.25) is 9.36 Å². The number of carbonyl (C=O) groups excluding carboxylic acids is 1. The fourth-order valence-corrected chi connectivity index (χ4v) is 6.88. The Bertz CT molecular complexity index is 1910. The molecule has 0 saturated carbocycles. The van der Waals surface area contributed by atoms with Crippen LogP contribution in [0.2, 0.25) is 0 Å². The maximum atomic E-state index is 14.2. The summed E-state index contributed by atoms with van der Waals surface area (Å²) in [5.41, 5.74) is 1.73. The molecule has 1 saturated heterocycles. The van der Waals surface area contributed by atoms with Gasteiger partial charge in [0.2, 0.25) is 5.88 Å². The lowest BCUT2D eigenvalue weighted by atomic mass is 9.93. The van der Waals surface area contributed by atoms with Crippen LogP contribution in [0.3, 0.4) is 0 Å². The molecule has 0 spiro atoms. The number of carbonyl (C=O) groups is 1. The van der Waals surface area contributed by atoms with Gasteiger partial charge in [0.25, 0.3) is 5.56 Å². The second-order valence-corrected chi connectivity index (χ2v) is 11.8. The molecule has 1 fully saturated rings. The minimum atomic E-state index is -0.852. The van der Waals surface area contributed by atoms with Gasteiger partial charge in [0.05, 0.1) is 60.4 Å². The third-order valence-electron chi connectivity index (χ3n) is 7.36. The van der Waals surface area contributed by atoms with Gasteiger partial charge in [-0.15, -0.1) is 0 Å². The first-order valence-corrected chi connectivity index (χ1v) is 15.7. The van der Waals surface area contributed by atoms with Crippen molar-refractivity contribution in [2.75, 3.05) is 52.0 Å². The molecule has 2 aromatic carbocycles. The Morgan fingerprint density at radius 3 is 2.55 bits per heavy atom. The third kappa shape index (κ3) is 5.60. The summed E-state index contributed by atoms with van der Waals surface area (Å²) in [5, 5.41) is 0. The number of halogens is 1. The van der Waals surface area contributed by atoms with E-state index in [1.165, 1.54) is 23.0 Å². The standard InChI is InChI=1S/C32H30BrN3O7S/c1-4-42-31(38)26-27(19-8-6-5-7-9-19)34-32-36(28(26)20-10-11-23(39-2)24(16-20)40-3)29(37)25(44-32)18-21-17-22(33)30(43-21)35-12-14-41-15-13-35/h5-11,16-18,28H,4,12-15H2,1-3H3/b25-18+. The van der Waals surface area contributed by atoms with Gasteiger partial charge in [0, 0.05) is 30.8 Å². The number of fused-ring (bicyclic) bond motifs is 1. The number of ether oxygens (including phenoxy) is 4. The molecule has 0 radical (unpaired) electrons. The number of benzene rings is 2.